The van der Waals surface area contributed by atoms with Gasteiger partial charge in [-0.3, -0.25) is 4.99 Å². The zero-order chi connectivity index (χ0) is 19.9. The Balaban J connectivity index is 1.57. The number of aromatic nitrogens is 2. The Morgan fingerprint density at radius 1 is 1.36 bits per heavy atom. The van der Waals surface area contributed by atoms with Gasteiger partial charge in [-0.05, 0) is 31.4 Å². The van der Waals surface area contributed by atoms with Crippen LogP contribution in [0.25, 0.3) is 0 Å². The highest BCUT2D eigenvalue weighted by atomic mass is 16.5. The molecule has 7 heteroatoms. The molecule has 2 heterocycles. The topological polar surface area (TPSA) is 63.9 Å². The lowest BCUT2D eigenvalue weighted by atomic mass is 9.93. The van der Waals surface area contributed by atoms with Crippen molar-refractivity contribution in [1.82, 2.24) is 19.8 Å². The van der Waals surface area contributed by atoms with Gasteiger partial charge in [-0.15, -0.1) is 0 Å². The largest absolute Gasteiger partial charge is 0.493 e. The summed E-state index contributed by atoms with van der Waals surface area (Å²) in [6.07, 6.45) is 6.89. The van der Waals surface area contributed by atoms with E-state index >= 15 is 0 Å². The van der Waals surface area contributed by atoms with Crippen LogP contribution in [0, 0.1) is 5.92 Å². The zero-order valence-electron chi connectivity index (χ0n) is 17.2. The second-order valence-electron chi connectivity index (χ2n) is 7.30. The van der Waals surface area contributed by atoms with Crippen molar-refractivity contribution in [3.63, 3.8) is 0 Å². The van der Waals surface area contributed by atoms with E-state index in [1.54, 1.807) is 7.11 Å². The van der Waals surface area contributed by atoms with Gasteiger partial charge in [0.1, 0.15) is 6.10 Å². The Bertz CT molecular complexity index is 762. The minimum Gasteiger partial charge on any atom is -0.493 e. The van der Waals surface area contributed by atoms with Crippen molar-refractivity contribution in [2.75, 3.05) is 33.8 Å². The third-order valence-corrected chi connectivity index (χ3v) is 5.28. The standard InChI is InChI=1S/C21H31N5O2/c1-16-9-11-25(14-18(16)26-12-10-23-15-26)21(22-3)24-13-17(2)28-20-8-6-5-7-19(20)27-4/h5-8,10,12,15-18H,9,11,13-14H2,1-4H3,(H,22,24). The van der Waals surface area contributed by atoms with Crippen molar-refractivity contribution < 1.29 is 9.47 Å². The van der Waals surface area contributed by atoms with E-state index in [-0.39, 0.29) is 6.10 Å². The number of hydrogen-bond acceptors (Lipinski definition) is 4. The van der Waals surface area contributed by atoms with Crippen molar-refractivity contribution in [2.24, 2.45) is 10.9 Å². The number of hydrogen-bond donors (Lipinski definition) is 1. The fourth-order valence-electron chi connectivity index (χ4n) is 3.64. The number of rotatable bonds is 6. The van der Waals surface area contributed by atoms with Gasteiger partial charge in [-0.25, -0.2) is 4.98 Å². The first-order chi connectivity index (χ1) is 13.6. The second kappa shape index (κ2) is 9.48. The van der Waals surface area contributed by atoms with Crippen LogP contribution in [0.1, 0.15) is 26.3 Å². The van der Waals surface area contributed by atoms with E-state index in [1.807, 2.05) is 57.0 Å². The summed E-state index contributed by atoms with van der Waals surface area (Å²) in [5, 5.41) is 3.46. The molecule has 0 radical (unpaired) electrons. The van der Waals surface area contributed by atoms with Gasteiger partial charge in [-0.1, -0.05) is 19.1 Å². The Morgan fingerprint density at radius 2 is 2.14 bits per heavy atom. The van der Waals surface area contributed by atoms with E-state index in [9.17, 15) is 0 Å². The van der Waals surface area contributed by atoms with Crippen LogP contribution in [0.3, 0.4) is 0 Å². The summed E-state index contributed by atoms with van der Waals surface area (Å²) in [6.45, 7) is 6.92. The number of guanidine groups is 1. The van der Waals surface area contributed by atoms with Crippen molar-refractivity contribution >= 4 is 5.96 Å². The van der Waals surface area contributed by atoms with E-state index in [0.717, 1.165) is 37.0 Å². The van der Waals surface area contributed by atoms with Gasteiger partial charge < -0.3 is 24.3 Å². The first-order valence-electron chi connectivity index (χ1n) is 9.85. The molecule has 0 spiro atoms. The van der Waals surface area contributed by atoms with Crippen LogP contribution < -0.4 is 14.8 Å². The van der Waals surface area contributed by atoms with Gasteiger partial charge in [-0.2, -0.15) is 0 Å². The van der Waals surface area contributed by atoms with Crippen LogP contribution in [0.5, 0.6) is 11.5 Å². The maximum Gasteiger partial charge on any atom is 0.193 e. The second-order valence-corrected chi connectivity index (χ2v) is 7.30. The third-order valence-electron chi connectivity index (χ3n) is 5.28. The van der Waals surface area contributed by atoms with Crippen LogP contribution in [-0.2, 0) is 0 Å². The van der Waals surface area contributed by atoms with Crippen LogP contribution in [0.2, 0.25) is 0 Å². The van der Waals surface area contributed by atoms with E-state index in [0.29, 0.717) is 18.5 Å². The predicted molar refractivity (Wildman–Crippen MR) is 111 cm³/mol. The molecule has 3 atom stereocenters. The normalized spacial score (nSPS) is 21.3. The van der Waals surface area contributed by atoms with E-state index in [1.165, 1.54) is 0 Å². The number of likely N-dealkylation sites (tertiary alicyclic amines) is 1. The Hall–Kier alpha value is -2.70. The molecule has 1 aliphatic rings. The summed E-state index contributed by atoms with van der Waals surface area (Å²) in [5.41, 5.74) is 0. The van der Waals surface area contributed by atoms with E-state index in [4.69, 9.17) is 9.47 Å². The first kappa shape index (κ1) is 20.0. The van der Waals surface area contributed by atoms with E-state index in [2.05, 4.69) is 31.7 Å². The lowest BCUT2D eigenvalue weighted by molar-refractivity contribution is 0.183. The molecule has 1 aliphatic heterocycles. The SMILES string of the molecule is CN=C(NCC(C)Oc1ccccc1OC)N1CCC(C)C(n2ccnc2)C1. The molecule has 0 aliphatic carbocycles. The molecule has 3 unspecified atom stereocenters. The summed E-state index contributed by atoms with van der Waals surface area (Å²) in [5.74, 6) is 3.01. The molecule has 1 N–H and O–H groups in total. The molecule has 28 heavy (non-hydrogen) atoms. The fraction of sp³-hybridized carbons (Fsp3) is 0.524. The van der Waals surface area contributed by atoms with Crippen LogP contribution >= 0.6 is 0 Å². The van der Waals surface area contributed by atoms with Gasteiger partial charge in [0.2, 0.25) is 0 Å². The lowest BCUT2D eigenvalue weighted by Crippen LogP contribution is -2.50. The van der Waals surface area contributed by atoms with Crippen LogP contribution in [0.4, 0.5) is 0 Å². The molecule has 2 aromatic rings. The van der Waals surface area contributed by atoms with Crippen molar-refractivity contribution in [2.45, 2.75) is 32.4 Å². The highest BCUT2D eigenvalue weighted by molar-refractivity contribution is 5.80. The number of aliphatic imine (C=N–C) groups is 1. The highest BCUT2D eigenvalue weighted by Crippen LogP contribution is 2.28. The fourth-order valence-corrected chi connectivity index (χ4v) is 3.64. The van der Waals surface area contributed by atoms with Crippen LogP contribution in [0.15, 0.2) is 48.0 Å². The molecule has 0 amide bonds. The maximum atomic E-state index is 6.04. The van der Waals surface area contributed by atoms with Gasteiger partial charge >= 0.3 is 0 Å². The maximum absolute atomic E-state index is 6.04. The summed E-state index contributed by atoms with van der Waals surface area (Å²) >= 11 is 0. The zero-order valence-corrected chi connectivity index (χ0v) is 17.2. The number of imidazole rings is 1. The molecule has 3 rings (SSSR count). The van der Waals surface area contributed by atoms with E-state index < -0.39 is 0 Å². The predicted octanol–water partition coefficient (Wildman–Crippen LogP) is 2.82. The Morgan fingerprint density at radius 3 is 2.82 bits per heavy atom. The average molecular weight is 386 g/mol. The molecular weight excluding hydrogens is 354 g/mol. The molecule has 7 nitrogen and oxygen atoms in total. The highest BCUT2D eigenvalue weighted by Gasteiger charge is 2.29. The number of benzene rings is 1. The molecule has 1 saturated heterocycles. The van der Waals surface area contributed by atoms with Gasteiger partial charge in [0.15, 0.2) is 17.5 Å². The molecular formula is C21H31N5O2. The average Bonchev–Trinajstić information content (AvgIpc) is 3.24. The molecule has 0 bridgehead atoms. The first-order valence-corrected chi connectivity index (χ1v) is 9.85. The van der Waals surface area contributed by atoms with Crippen LogP contribution in [-0.4, -0.2) is 60.3 Å². The number of nitrogens with zero attached hydrogens (tertiary/aromatic N) is 4. The minimum absolute atomic E-state index is 0.0267. The molecule has 152 valence electrons. The third kappa shape index (κ3) is 4.77. The molecule has 1 aromatic heterocycles. The summed E-state index contributed by atoms with van der Waals surface area (Å²) in [6, 6.07) is 8.11. The van der Waals surface area contributed by atoms with Crippen molar-refractivity contribution in [3.05, 3.63) is 43.0 Å². The summed E-state index contributed by atoms with van der Waals surface area (Å²) in [7, 11) is 3.49. The lowest BCUT2D eigenvalue weighted by Gasteiger charge is -2.39. The minimum atomic E-state index is -0.0267. The molecule has 1 aromatic carbocycles. The smallest absolute Gasteiger partial charge is 0.193 e. The number of ether oxygens (including phenoxy) is 2. The Kier molecular flexibility index (Phi) is 6.79. The summed E-state index contributed by atoms with van der Waals surface area (Å²) < 4.78 is 13.6. The van der Waals surface area contributed by atoms with Crippen molar-refractivity contribution in [3.8, 4) is 11.5 Å². The summed E-state index contributed by atoms with van der Waals surface area (Å²) in [4.78, 5) is 11.0. The number of piperidine rings is 1. The molecule has 0 saturated carbocycles. The number of nitrogens with one attached hydrogen (secondary N) is 1. The van der Waals surface area contributed by atoms with Gasteiger partial charge in [0.25, 0.3) is 0 Å². The van der Waals surface area contributed by atoms with Gasteiger partial charge in [0.05, 0.1) is 26.0 Å². The molecule has 1 fully saturated rings. The van der Waals surface area contributed by atoms with Gasteiger partial charge in [0, 0.05) is 32.5 Å². The Labute approximate surface area is 167 Å². The number of para-hydroxylation sites is 2. The number of methoxy groups -OCH3 is 1. The monoisotopic (exact) mass is 385 g/mol. The quantitative estimate of drug-likeness (QED) is 0.612. The van der Waals surface area contributed by atoms with Crippen molar-refractivity contribution in [1.29, 1.82) is 0 Å².